The van der Waals surface area contributed by atoms with Crippen LogP contribution in [0.2, 0.25) is 0 Å². The Bertz CT molecular complexity index is 362. The van der Waals surface area contributed by atoms with E-state index in [2.05, 4.69) is 5.32 Å². The molecule has 0 radical (unpaired) electrons. The number of hydrogen-bond acceptors (Lipinski definition) is 2. The third kappa shape index (κ3) is 1.67. The summed E-state index contributed by atoms with van der Waals surface area (Å²) in [6, 6.07) is 5.76. The first-order chi connectivity index (χ1) is 7.18. The average Bonchev–Trinajstić information content (AvgIpc) is 2.18. The molecular formula is C12H14FNO. The van der Waals surface area contributed by atoms with E-state index in [9.17, 15) is 9.18 Å². The Morgan fingerprint density at radius 3 is 2.33 bits per heavy atom. The number of carbonyl (C=O) groups excluding carboxylic acids is 1. The molecule has 0 atom stereocenters. The molecule has 1 aromatic carbocycles. The van der Waals surface area contributed by atoms with E-state index in [0.29, 0.717) is 5.56 Å². The van der Waals surface area contributed by atoms with Gasteiger partial charge in [-0.3, -0.25) is 4.79 Å². The minimum absolute atomic E-state index is 0.0799. The van der Waals surface area contributed by atoms with E-state index >= 15 is 0 Å². The number of likely N-dealkylation sites (N-methyl/N-ethyl adjacent to an activating group) is 1. The summed E-state index contributed by atoms with van der Waals surface area (Å²) >= 11 is 0. The molecule has 1 saturated carbocycles. The van der Waals surface area contributed by atoms with Crippen molar-refractivity contribution in [1.82, 2.24) is 5.32 Å². The van der Waals surface area contributed by atoms with E-state index in [0.717, 1.165) is 19.3 Å². The highest BCUT2D eigenvalue weighted by molar-refractivity contribution is 6.03. The lowest BCUT2D eigenvalue weighted by Gasteiger charge is -2.40. The van der Waals surface area contributed by atoms with Gasteiger partial charge in [-0.1, -0.05) is 0 Å². The highest BCUT2D eigenvalue weighted by atomic mass is 19.1. The Balaban J connectivity index is 2.24. The zero-order chi connectivity index (χ0) is 10.9. The van der Waals surface area contributed by atoms with Gasteiger partial charge >= 0.3 is 0 Å². The van der Waals surface area contributed by atoms with Crippen LogP contribution >= 0.6 is 0 Å². The number of benzene rings is 1. The lowest BCUT2D eigenvalue weighted by Crippen LogP contribution is -2.55. The Hall–Kier alpha value is -1.22. The number of carbonyl (C=O) groups is 1. The fraction of sp³-hybridized carbons (Fsp3) is 0.417. The topological polar surface area (TPSA) is 29.1 Å². The molecule has 1 aromatic rings. The second kappa shape index (κ2) is 3.74. The van der Waals surface area contributed by atoms with Crippen LogP contribution in [0.15, 0.2) is 24.3 Å². The predicted octanol–water partition coefficient (Wildman–Crippen LogP) is 2.15. The summed E-state index contributed by atoms with van der Waals surface area (Å²) in [6.45, 7) is 0. The standard InChI is InChI=1S/C12H14FNO/c1-14-12(7-2-8-12)11(15)9-3-5-10(13)6-4-9/h3-6,14H,2,7-8H2,1H3. The van der Waals surface area contributed by atoms with Crippen LogP contribution in [-0.2, 0) is 0 Å². The van der Waals surface area contributed by atoms with Crippen molar-refractivity contribution in [3.8, 4) is 0 Å². The van der Waals surface area contributed by atoms with Crippen LogP contribution in [-0.4, -0.2) is 18.4 Å². The molecule has 15 heavy (non-hydrogen) atoms. The molecular weight excluding hydrogens is 193 g/mol. The van der Waals surface area contributed by atoms with Gasteiger partial charge in [-0.2, -0.15) is 0 Å². The first-order valence-corrected chi connectivity index (χ1v) is 5.17. The summed E-state index contributed by atoms with van der Waals surface area (Å²) in [6.07, 6.45) is 2.83. The molecule has 80 valence electrons. The third-order valence-corrected chi connectivity index (χ3v) is 3.23. The summed E-state index contributed by atoms with van der Waals surface area (Å²) < 4.78 is 12.7. The smallest absolute Gasteiger partial charge is 0.182 e. The lowest BCUT2D eigenvalue weighted by atomic mass is 9.72. The van der Waals surface area contributed by atoms with Gasteiger partial charge in [-0.05, 0) is 50.6 Å². The molecule has 0 aromatic heterocycles. The fourth-order valence-electron chi connectivity index (χ4n) is 2.00. The largest absolute Gasteiger partial charge is 0.308 e. The van der Waals surface area contributed by atoms with Crippen molar-refractivity contribution in [2.24, 2.45) is 0 Å². The lowest BCUT2D eigenvalue weighted by molar-refractivity contribution is 0.0745. The van der Waals surface area contributed by atoms with Crippen LogP contribution in [0.4, 0.5) is 4.39 Å². The van der Waals surface area contributed by atoms with Gasteiger partial charge in [0.2, 0.25) is 0 Å². The zero-order valence-electron chi connectivity index (χ0n) is 8.72. The molecule has 0 unspecified atom stereocenters. The minimum atomic E-state index is -0.391. The first kappa shape index (κ1) is 10.3. The Kier molecular flexibility index (Phi) is 2.57. The van der Waals surface area contributed by atoms with E-state index in [4.69, 9.17) is 0 Å². The van der Waals surface area contributed by atoms with Gasteiger partial charge in [0.25, 0.3) is 0 Å². The van der Waals surface area contributed by atoms with Gasteiger partial charge in [0.15, 0.2) is 5.78 Å². The highest BCUT2D eigenvalue weighted by Crippen LogP contribution is 2.34. The van der Waals surface area contributed by atoms with E-state index in [1.165, 1.54) is 12.1 Å². The summed E-state index contributed by atoms with van der Waals surface area (Å²) in [7, 11) is 1.81. The molecule has 2 nitrogen and oxygen atoms in total. The molecule has 1 fully saturated rings. The van der Waals surface area contributed by atoms with Crippen LogP contribution < -0.4 is 5.32 Å². The van der Waals surface area contributed by atoms with Crippen molar-refractivity contribution in [3.63, 3.8) is 0 Å². The van der Waals surface area contributed by atoms with E-state index in [1.54, 1.807) is 19.2 Å². The summed E-state index contributed by atoms with van der Waals surface area (Å²) in [5.41, 5.74) is 0.197. The maximum atomic E-state index is 12.7. The molecule has 1 aliphatic carbocycles. The summed E-state index contributed by atoms with van der Waals surface area (Å²) in [4.78, 5) is 12.1. The second-order valence-corrected chi connectivity index (χ2v) is 4.02. The fourth-order valence-corrected chi connectivity index (χ4v) is 2.00. The SMILES string of the molecule is CNC1(C(=O)c2ccc(F)cc2)CCC1. The number of nitrogens with one attached hydrogen (secondary N) is 1. The maximum absolute atomic E-state index is 12.7. The Morgan fingerprint density at radius 2 is 1.93 bits per heavy atom. The summed E-state index contributed by atoms with van der Waals surface area (Å²) in [5, 5.41) is 3.08. The number of rotatable bonds is 3. The van der Waals surface area contributed by atoms with Gasteiger partial charge in [0, 0.05) is 5.56 Å². The molecule has 0 amide bonds. The number of Topliss-reactive ketones (excluding diaryl/α,β-unsaturated/α-hetero) is 1. The van der Waals surface area contributed by atoms with Gasteiger partial charge < -0.3 is 5.32 Å². The zero-order valence-corrected chi connectivity index (χ0v) is 8.72. The molecule has 0 aliphatic heterocycles. The van der Waals surface area contributed by atoms with Crippen molar-refractivity contribution in [3.05, 3.63) is 35.6 Å². The molecule has 3 heteroatoms. The molecule has 1 aliphatic rings. The van der Waals surface area contributed by atoms with Crippen molar-refractivity contribution < 1.29 is 9.18 Å². The molecule has 0 saturated heterocycles. The number of ketones is 1. The van der Waals surface area contributed by atoms with Gasteiger partial charge in [0.1, 0.15) is 5.82 Å². The van der Waals surface area contributed by atoms with Crippen molar-refractivity contribution in [2.75, 3.05) is 7.05 Å². The van der Waals surface area contributed by atoms with Crippen LogP contribution in [0.1, 0.15) is 29.6 Å². The quantitative estimate of drug-likeness (QED) is 0.769. The molecule has 0 bridgehead atoms. The van der Waals surface area contributed by atoms with Crippen molar-refractivity contribution in [1.29, 1.82) is 0 Å². The van der Waals surface area contributed by atoms with Crippen LogP contribution in [0, 0.1) is 5.82 Å². The van der Waals surface area contributed by atoms with Crippen molar-refractivity contribution >= 4 is 5.78 Å². The van der Waals surface area contributed by atoms with E-state index in [1.807, 2.05) is 0 Å². The third-order valence-electron chi connectivity index (χ3n) is 3.23. The highest BCUT2D eigenvalue weighted by Gasteiger charge is 2.42. The van der Waals surface area contributed by atoms with Crippen LogP contribution in [0.3, 0.4) is 0 Å². The van der Waals surface area contributed by atoms with Crippen molar-refractivity contribution in [2.45, 2.75) is 24.8 Å². The molecule has 0 heterocycles. The first-order valence-electron chi connectivity index (χ1n) is 5.17. The minimum Gasteiger partial charge on any atom is -0.308 e. The van der Waals surface area contributed by atoms with Gasteiger partial charge in [-0.15, -0.1) is 0 Å². The monoisotopic (exact) mass is 207 g/mol. The summed E-state index contributed by atoms with van der Waals surface area (Å²) in [5.74, 6) is -0.227. The average molecular weight is 207 g/mol. The molecule has 1 N–H and O–H groups in total. The normalized spacial score (nSPS) is 18.3. The van der Waals surface area contributed by atoms with Crippen LogP contribution in [0.5, 0.6) is 0 Å². The number of hydrogen-bond donors (Lipinski definition) is 1. The van der Waals surface area contributed by atoms with Gasteiger partial charge in [0.05, 0.1) is 5.54 Å². The Morgan fingerprint density at radius 1 is 1.33 bits per heavy atom. The molecule has 0 spiro atoms. The van der Waals surface area contributed by atoms with Crippen LogP contribution in [0.25, 0.3) is 0 Å². The molecule has 2 rings (SSSR count). The second-order valence-electron chi connectivity index (χ2n) is 4.02. The van der Waals surface area contributed by atoms with E-state index in [-0.39, 0.29) is 11.6 Å². The predicted molar refractivity (Wildman–Crippen MR) is 56.4 cm³/mol. The van der Waals surface area contributed by atoms with Gasteiger partial charge in [-0.25, -0.2) is 4.39 Å². The maximum Gasteiger partial charge on any atom is 0.182 e. The Labute approximate surface area is 88.5 Å². The number of halogens is 1. The van der Waals surface area contributed by atoms with E-state index < -0.39 is 5.54 Å².